The predicted octanol–water partition coefficient (Wildman–Crippen LogP) is 2.14. The summed E-state index contributed by atoms with van der Waals surface area (Å²) in [6.45, 7) is 4.24. The van der Waals surface area contributed by atoms with Crippen LogP contribution in [0.3, 0.4) is 0 Å². The molecule has 0 saturated carbocycles. The second-order valence-corrected chi connectivity index (χ2v) is 2.32. The highest BCUT2D eigenvalue weighted by molar-refractivity contribution is 5.55. The molecule has 0 spiro atoms. The Kier molecular flexibility index (Phi) is 7.05. The Balaban J connectivity index is 3.79. The molecule has 0 aromatic rings. The van der Waals surface area contributed by atoms with Crippen molar-refractivity contribution in [2.75, 3.05) is 6.61 Å². The van der Waals surface area contributed by atoms with Gasteiger partial charge in [0.2, 0.25) is 0 Å². The van der Waals surface area contributed by atoms with Gasteiger partial charge in [-0.05, 0) is 26.2 Å². The van der Waals surface area contributed by atoms with Gasteiger partial charge in [0.15, 0.2) is 0 Å². The molecule has 0 aromatic heterocycles. The fraction of sp³-hybridized carbons (Fsp3) is 0.667. The van der Waals surface area contributed by atoms with Crippen molar-refractivity contribution in [2.24, 2.45) is 4.99 Å². The fourth-order valence-corrected chi connectivity index (χ4v) is 0.881. The van der Waals surface area contributed by atoms with Crippen LogP contribution in [-0.4, -0.2) is 17.9 Å². The van der Waals surface area contributed by atoms with Gasteiger partial charge < -0.3 is 5.11 Å². The molecule has 0 radical (unpaired) electrons. The van der Waals surface area contributed by atoms with E-state index in [2.05, 4.69) is 18.0 Å². The molecular formula is C9H17NO. The lowest BCUT2D eigenvalue weighted by atomic mass is 10.2. The number of aliphatic hydroxyl groups is 1. The van der Waals surface area contributed by atoms with Crippen LogP contribution in [0.1, 0.15) is 33.1 Å². The highest BCUT2D eigenvalue weighted by Crippen LogP contribution is 2.06. The van der Waals surface area contributed by atoms with Crippen LogP contribution in [-0.2, 0) is 0 Å². The Morgan fingerprint density at radius 1 is 1.55 bits per heavy atom. The van der Waals surface area contributed by atoms with Crippen molar-refractivity contribution in [1.82, 2.24) is 0 Å². The number of aliphatic hydroxyl groups excluding tert-OH is 1. The molecule has 0 aliphatic heterocycles. The van der Waals surface area contributed by atoms with Crippen LogP contribution in [0, 0.1) is 0 Å². The van der Waals surface area contributed by atoms with Crippen LogP contribution >= 0.6 is 0 Å². The lowest BCUT2D eigenvalue weighted by Crippen LogP contribution is -1.85. The normalized spacial score (nSPS) is 12.8. The minimum absolute atomic E-state index is 0.250. The third-order valence-corrected chi connectivity index (χ3v) is 1.33. The Hall–Kier alpha value is -0.630. The van der Waals surface area contributed by atoms with Gasteiger partial charge in [-0.2, -0.15) is 0 Å². The van der Waals surface area contributed by atoms with Crippen molar-refractivity contribution in [3.63, 3.8) is 0 Å². The van der Waals surface area contributed by atoms with E-state index in [1.165, 1.54) is 0 Å². The number of aliphatic imine (C=N–C) groups is 1. The Morgan fingerprint density at radius 3 is 2.73 bits per heavy atom. The summed E-state index contributed by atoms with van der Waals surface area (Å²) in [6, 6.07) is 0. The number of nitrogens with zero attached hydrogens (tertiary/aromatic N) is 1. The van der Waals surface area contributed by atoms with Gasteiger partial charge in [-0.25, -0.2) is 0 Å². The van der Waals surface area contributed by atoms with Gasteiger partial charge in [0.1, 0.15) is 0 Å². The highest BCUT2D eigenvalue weighted by atomic mass is 16.2. The van der Waals surface area contributed by atoms with E-state index < -0.39 is 0 Å². The molecule has 0 atom stereocenters. The first-order chi connectivity index (χ1) is 5.35. The average molecular weight is 155 g/mol. The van der Waals surface area contributed by atoms with Gasteiger partial charge in [0.25, 0.3) is 0 Å². The van der Waals surface area contributed by atoms with E-state index in [4.69, 9.17) is 5.11 Å². The second-order valence-electron chi connectivity index (χ2n) is 2.32. The van der Waals surface area contributed by atoms with E-state index in [0.717, 1.165) is 25.0 Å². The number of rotatable bonds is 5. The minimum Gasteiger partial charge on any atom is -0.396 e. The molecule has 0 aliphatic carbocycles. The van der Waals surface area contributed by atoms with Crippen molar-refractivity contribution >= 4 is 6.21 Å². The SMILES string of the molecule is CC=N/C(=C\CC)CCCO. The molecule has 0 heterocycles. The molecule has 2 heteroatoms. The van der Waals surface area contributed by atoms with Crippen molar-refractivity contribution < 1.29 is 5.11 Å². The molecule has 1 N–H and O–H groups in total. The quantitative estimate of drug-likeness (QED) is 0.606. The molecule has 0 aromatic carbocycles. The standard InChI is InChI=1S/C9H17NO/c1-3-6-9(10-4-2)7-5-8-11/h4,6,11H,3,5,7-8H2,1-2H3/b9-6-,10-4?. The Labute approximate surface area is 68.7 Å². The van der Waals surface area contributed by atoms with E-state index >= 15 is 0 Å². The lowest BCUT2D eigenvalue weighted by Gasteiger charge is -1.97. The monoisotopic (exact) mass is 155 g/mol. The summed E-state index contributed by atoms with van der Waals surface area (Å²) in [5.74, 6) is 0. The zero-order valence-corrected chi connectivity index (χ0v) is 7.38. The second kappa shape index (κ2) is 7.48. The van der Waals surface area contributed by atoms with Crippen LogP contribution < -0.4 is 0 Å². The maximum atomic E-state index is 8.57. The van der Waals surface area contributed by atoms with Gasteiger partial charge in [-0.15, -0.1) is 0 Å². The first kappa shape index (κ1) is 10.4. The largest absolute Gasteiger partial charge is 0.396 e. The summed E-state index contributed by atoms with van der Waals surface area (Å²) in [4.78, 5) is 4.18. The van der Waals surface area contributed by atoms with Crippen molar-refractivity contribution in [2.45, 2.75) is 33.1 Å². The van der Waals surface area contributed by atoms with Crippen LogP contribution in [0.15, 0.2) is 16.8 Å². The van der Waals surface area contributed by atoms with Crippen LogP contribution in [0.25, 0.3) is 0 Å². The van der Waals surface area contributed by atoms with E-state index in [1.807, 2.05) is 6.92 Å². The van der Waals surface area contributed by atoms with E-state index in [9.17, 15) is 0 Å². The van der Waals surface area contributed by atoms with Gasteiger partial charge >= 0.3 is 0 Å². The summed E-state index contributed by atoms with van der Waals surface area (Å²) < 4.78 is 0. The number of hydrogen-bond acceptors (Lipinski definition) is 2. The van der Waals surface area contributed by atoms with Crippen molar-refractivity contribution in [3.05, 3.63) is 11.8 Å². The summed E-state index contributed by atoms with van der Waals surface area (Å²) in [5.41, 5.74) is 1.09. The minimum atomic E-state index is 0.250. The van der Waals surface area contributed by atoms with Gasteiger partial charge in [-0.3, -0.25) is 4.99 Å². The predicted molar refractivity (Wildman–Crippen MR) is 48.9 cm³/mol. The Bertz CT molecular complexity index is 138. The average Bonchev–Trinajstić information content (AvgIpc) is 2.01. The molecule has 2 nitrogen and oxygen atoms in total. The number of allylic oxidation sites excluding steroid dienone is 2. The molecule has 0 rings (SSSR count). The van der Waals surface area contributed by atoms with E-state index in [0.29, 0.717) is 0 Å². The summed E-state index contributed by atoms with van der Waals surface area (Å²) in [6.07, 6.45) is 6.59. The smallest absolute Gasteiger partial charge is 0.0434 e. The molecule has 0 saturated heterocycles. The zero-order valence-electron chi connectivity index (χ0n) is 7.38. The van der Waals surface area contributed by atoms with E-state index in [1.54, 1.807) is 6.21 Å². The van der Waals surface area contributed by atoms with Crippen LogP contribution in [0.5, 0.6) is 0 Å². The first-order valence-corrected chi connectivity index (χ1v) is 4.13. The van der Waals surface area contributed by atoms with Gasteiger partial charge in [0.05, 0.1) is 0 Å². The third-order valence-electron chi connectivity index (χ3n) is 1.33. The molecule has 64 valence electrons. The molecule has 0 amide bonds. The van der Waals surface area contributed by atoms with Crippen LogP contribution in [0.2, 0.25) is 0 Å². The molecule has 0 fully saturated rings. The van der Waals surface area contributed by atoms with Gasteiger partial charge in [0, 0.05) is 18.5 Å². The fourth-order valence-electron chi connectivity index (χ4n) is 0.881. The lowest BCUT2D eigenvalue weighted by molar-refractivity contribution is 0.288. The molecule has 0 aliphatic rings. The highest BCUT2D eigenvalue weighted by Gasteiger charge is 1.91. The third kappa shape index (κ3) is 5.80. The molecular weight excluding hydrogens is 138 g/mol. The zero-order chi connectivity index (χ0) is 8.53. The topological polar surface area (TPSA) is 32.6 Å². The maximum Gasteiger partial charge on any atom is 0.0434 e. The number of hydrogen-bond donors (Lipinski definition) is 1. The molecule has 0 bridgehead atoms. The van der Waals surface area contributed by atoms with Crippen molar-refractivity contribution in [3.8, 4) is 0 Å². The molecule has 11 heavy (non-hydrogen) atoms. The summed E-state index contributed by atoms with van der Waals surface area (Å²) in [7, 11) is 0. The van der Waals surface area contributed by atoms with Crippen LogP contribution in [0.4, 0.5) is 0 Å². The Morgan fingerprint density at radius 2 is 2.27 bits per heavy atom. The van der Waals surface area contributed by atoms with E-state index in [-0.39, 0.29) is 6.61 Å². The molecule has 0 unspecified atom stereocenters. The summed E-state index contributed by atoms with van der Waals surface area (Å²) in [5, 5.41) is 8.57. The first-order valence-electron chi connectivity index (χ1n) is 4.13. The summed E-state index contributed by atoms with van der Waals surface area (Å²) >= 11 is 0. The maximum absolute atomic E-state index is 8.57. The van der Waals surface area contributed by atoms with Crippen molar-refractivity contribution in [1.29, 1.82) is 0 Å². The van der Waals surface area contributed by atoms with Gasteiger partial charge in [-0.1, -0.05) is 13.0 Å².